The summed E-state index contributed by atoms with van der Waals surface area (Å²) in [7, 11) is 0. The average Bonchev–Trinajstić information content (AvgIpc) is 2.53. The van der Waals surface area contributed by atoms with Crippen LogP contribution in [0.2, 0.25) is 5.02 Å². The normalized spacial score (nSPS) is 15.9. The molecular formula is C10H17ClN2S. The fraction of sp³-hybridized carbons (Fsp3) is 0.600. The predicted octanol–water partition coefficient (Wildman–Crippen LogP) is 3.20. The van der Waals surface area contributed by atoms with Crippen LogP contribution in [0.3, 0.4) is 0 Å². The number of halogens is 1. The van der Waals surface area contributed by atoms with Crippen molar-refractivity contribution in [1.29, 1.82) is 0 Å². The van der Waals surface area contributed by atoms with E-state index in [-0.39, 0.29) is 6.04 Å². The van der Waals surface area contributed by atoms with Crippen molar-refractivity contribution in [3.63, 3.8) is 0 Å². The van der Waals surface area contributed by atoms with E-state index in [1.54, 1.807) is 11.3 Å². The standard InChI is InChI=1S/C10H17ClN2S/c1-6(2)7(3)9(13-12)10-8(11)4-5-14-10/h4-7,9,13H,12H2,1-3H3. The first-order valence-corrected chi connectivity index (χ1v) is 6.02. The van der Waals surface area contributed by atoms with E-state index in [2.05, 4.69) is 26.2 Å². The molecule has 0 aliphatic rings. The first-order chi connectivity index (χ1) is 6.57. The largest absolute Gasteiger partial charge is 0.271 e. The second-order valence-electron chi connectivity index (χ2n) is 3.88. The molecule has 1 rings (SSSR count). The van der Waals surface area contributed by atoms with E-state index >= 15 is 0 Å². The highest BCUT2D eigenvalue weighted by Gasteiger charge is 2.23. The molecule has 2 unspecified atom stereocenters. The minimum Gasteiger partial charge on any atom is -0.271 e. The third-order valence-corrected chi connectivity index (χ3v) is 4.13. The summed E-state index contributed by atoms with van der Waals surface area (Å²) >= 11 is 7.73. The SMILES string of the molecule is CC(C)C(C)C(NN)c1sccc1Cl. The first kappa shape index (κ1) is 12.0. The number of nitrogens with two attached hydrogens (primary N) is 1. The maximum atomic E-state index is 6.08. The van der Waals surface area contributed by atoms with E-state index < -0.39 is 0 Å². The molecule has 3 N–H and O–H groups in total. The Morgan fingerprint density at radius 1 is 1.43 bits per heavy atom. The van der Waals surface area contributed by atoms with Crippen LogP contribution in [0.4, 0.5) is 0 Å². The molecule has 0 saturated heterocycles. The highest BCUT2D eigenvalue weighted by atomic mass is 35.5. The van der Waals surface area contributed by atoms with Crippen LogP contribution in [0, 0.1) is 11.8 Å². The van der Waals surface area contributed by atoms with Crippen LogP contribution in [0.25, 0.3) is 0 Å². The number of hydrogen-bond acceptors (Lipinski definition) is 3. The molecular weight excluding hydrogens is 216 g/mol. The maximum absolute atomic E-state index is 6.08. The summed E-state index contributed by atoms with van der Waals surface area (Å²) in [6.45, 7) is 6.57. The quantitative estimate of drug-likeness (QED) is 0.618. The number of nitrogens with one attached hydrogen (secondary N) is 1. The van der Waals surface area contributed by atoms with E-state index in [9.17, 15) is 0 Å². The molecule has 0 radical (unpaired) electrons. The van der Waals surface area contributed by atoms with E-state index in [0.29, 0.717) is 11.8 Å². The summed E-state index contributed by atoms with van der Waals surface area (Å²) in [5, 5.41) is 2.81. The highest BCUT2D eigenvalue weighted by molar-refractivity contribution is 7.10. The van der Waals surface area contributed by atoms with Gasteiger partial charge in [-0.1, -0.05) is 32.4 Å². The second kappa shape index (κ2) is 5.12. The summed E-state index contributed by atoms with van der Waals surface area (Å²) < 4.78 is 0. The molecule has 2 atom stereocenters. The van der Waals surface area contributed by atoms with Crippen LogP contribution in [0.15, 0.2) is 11.4 Å². The molecule has 4 heteroatoms. The Labute approximate surface area is 94.4 Å². The summed E-state index contributed by atoms with van der Waals surface area (Å²) in [4.78, 5) is 1.13. The fourth-order valence-electron chi connectivity index (χ4n) is 1.38. The van der Waals surface area contributed by atoms with Gasteiger partial charge in [-0.3, -0.25) is 11.3 Å². The van der Waals surface area contributed by atoms with Crippen LogP contribution in [-0.2, 0) is 0 Å². The Morgan fingerprint density at radius 2 is 2.07 bits per heavy atom. The van der Waals surface area contributed by atoms with E-state index in [1.165, 1.54) is 0 Å². The molecule has 0 aromatic carbocycles. The van der Waals surface area contributed by atoms with Gasteiger partial charge in [-0.15, -0.1) is 11.3 Å². The van der Waals surface area contributed by atoms with Gasteiger partial charge < -0.3 is 0 Å². The van der Waals surface area contributed by atoms with Crippen molar-refractivity contribution < 1.29 is 0 Å². The Hall–Kier alpha value is -0.0900. The lowest BCUT2D eigenvalue weighted by molar-refractivity contribution is 0.310. The molecule has 0 saturated carbocycles. The lowest BCUT2D eigenvalue weighted by atomic mass is 9.90. The van der Waals surface area contributed by atoms with Crippen molar-refractivity contribution in [2.24, 2.45) is 17.7 Å². The zero-order valence-corrected chi connectivity index (χ0v) is 10.3. The van der Waals surface area contributed by atoms with Crippen molar-refractivity contribution in [3.05, 3.63) is 21.3 Å². The van der Waals surface area contributed by atoms with Gasteiger partial charge in [0.15, 0.2) is 0 Å². The minimum absolute atomic E-state index is 0.155. The van der Waals surface area contributed by atoms with Gasteiger partial charge in [0.1, 0.15) is 0 Å². The third kappa shape index (κ3) is 2.48. The van der Waals surface area contributed by atoms with Crippen molar-refractivity contribution >= 4 is 22.9 Å². The molecule has 0 aliphatic heterocycles. The first-order valence-electron chi connectivity index (χ1n) is 4.77. The van der Waals surface area contributed by atoms with Gasteiger partial charge in [-0.05, 0) is 23.3 Å². The monoisotopic (exact) mass is 232 g/mol. The molecule has 0 bridgehead atoms. The molecule has 80 valence electrons. The Bertz CT molecular complexity index is 285. The molecule has 1 aromatic rings. The highest BCUT2D eigenvalue weighted by Crippen LogP contribution is 2.35. The van der Waals surface area contributed by atoms with E-state index in [1.807, 2.05) is 11.4 Å². The Balaban J connectivity index is 2.87. The molecule has 0 spiro atoms. The molecule has 2 nitrogen and oxygen atoms in total. The zero-order chi connectivity index (χ0) is 10.7. The van der Waals surface area contributed by atoms with E-state index in [0.717, 1.165) is 9.90 Å². The van der Waals surface area contributed by atoms with Gasteiger partial charge in [0.05, 0.1) is 11.1 Å². The predicted molar refractivity (Wildman–Crippen MR) is 63.4 cm³/mol. The molecule has 1 aromatic heterocycles. The van der Waals surface area contributed by atoms with E-state index in [4.69, 9.17) is 17.4 Å². The average molecular weight is 233 g/mol. The number of hydrogen-bond donors (Lipinski definition) is 2. The third-order valence-electron chi connectivity index (χ3n) is 2.68. The van der Waals surface area contributed by atoms with Gasteiger partial charge in [0.2, 0.25) is 0 Å². The van der Waals surface area contributed by atoms with Crippen LogP contribution in [0.1, 0.15) is 31.7 Å². The van der Waals surface area contributed by atoms with Crippen molar-refractivity contribution in [2.45, 2.75) is 26.8 Å². The van der Waals surface area contributed by atoms with Crippen molar-refractivity contribution in [2.75, 3.05) is 0 Å². The molecule has 14 heavy (non-hydrogen) atoms. The number of hydrazine groups is 1. The minimum atomic E-state index is 0.155. The van der Waals surface area contributed by atoms with Crippen LogP contribution in [0.5, 0.6) is 0 Å². The Morgan fingerprint density at radius 3 is 2.43 bits per heavy atom. The van der Waals surface area contributed by atoms with Crippen LogP contribution < -0.4 is 11.3 Å². The smallest absolute Gasteiger partial charge is 0.0596 e. The van der Waals surface area contributed by atoms with Gasteiger partial charge in [-0.2, -0.15) is 0 Å². The summed E-state index contributed by atoms with van der Waals surface area (Å²) in [6.07, 6.45) is 0. The van der Waals surface area contributed by atoms with Gasteiger partial charge in [0.25, 0.3) is 0 Å². The number of rotatable bonds is 4. The number of thiophene rings is 1. The van der Waals surface area contributed by atoms with Gasteiger partial charge >= 0.3 is 0 Å². The van der Waals surface area contributed by atoms with Gasteiger partial charge in [0, 0.05) is 4.88 Å². The van der Waals surface area contributed by atoms with Crippen LogP contribution in [-0.4, -0.2) is 0 Å². The van der Waals surface area contributed by atoms with Crippen LogP contribution >= 0.6 is 22.9 Å². The van der Waals surface area contributed by atoms with Gasteiger partial charge in [-0.25, -0.2) is 0 Å². The Kier molecular flexibility index (Phi) is 4.38. The topological polar surface area (TPSA) is 38.0 Å². The summed E-state index contributed by atoms with van der Waals surface area (Å²) in [6, 6.07) is 2.07. The molecule has 1 heterocycles. The molecule has 0 fully saturated rings. The van der Waals surface area contributed by atoms with Crippen molar-refractivity contribution in [1.82, 2.24) is 5.43 Å². The fourth-order valence-corrected chi connectivity index (χ4v) is 2.73. The summed E-state index contributed by atoms with van der Waals surface area (Å²) in [5.41, 5.74) is 2.85. The maximum Gasteiger partial charge on any atom is 0.0596 e. The summed E-state index contributed by atoms with van der Waals surface area (Å²) in [5.74, 6) is 6.62. The second-order valence-corrected chi connectivity index (χ2v) is 5.24. The zero-order valence-electron chi connectivity index (χ0n) is 8.75. The molecule has 0 aliphatic carbocycles. The lowest BCUT2D eigenvalue weighted by Gasteiger charge is -2.25. The van der Waals surface area contributed by atoms with Crippen molar-refractivity contribution in [3.8, 4) is 0 Å². The molecule has 0 amide bonds. The lowest BCUT2D eigenvalue weighted by Crippen LogP contribution is -2.34.